The van der Waals surface area contributed by atoms with Crippen LogP contribution in [0.25, 0.3) is 5.57 Å². The number of anilines is 1. The van der Waals surface area contributed by atoms with Gasteiger partial charge in [0.25, 0.3) is 5.91 Å². The molecule has 3 heteroatoms. The van der Waals surface area contributed by atoms with Crippen molar-refractivity contribution in [3.63, 3.8) is 0 Å². The summed E-state index contributed by atoms with van der Waals surface area (Å²) in [6.07, 6.45) is 1.72. The molecule has 1 N–H and O–H groups in total. The fourth-order valence-electron chi connectivity index (χ4n) is 1.45. The number of benzene rings is 1. The second-order valence-corrected chi connectivity index (χ2v) is 2.85. The van der Waals surface area contributed by atoms with Crippen LogP contribution in [0.4, 0.5) is 10.1 Å². The van der Waals surface area contributed by atoms with Crippen LogP contribution >= 0.6 is 0 Å². The second-order valence-electron chi connectivity index (χ2n) is 2.85. The maximum atomic E-state index is 12.7. The normalized spacial score (nSPS) is 17.4. The van der Waals surface area contributed by atoms with Crippen molar-refractivity contribution in [2.45, 2.75) is 6.92 Å². The van der Waals surface area contributed by atoms with Gasteiger partial charge in [-0.1, -0.05) is 6.08 Å². The first kappa shape index (κ1) is 7.98. The lowest BCUT2D eigenvalue weighted by molar-refractivity contribution is -0.110. The molecule has 0 saturated carbocycles. The summed E-state index contributed by atoms with van der Waals surface area (Å²) in [6, 6.07) is 4.28. The van der Waals surface area contributed by atoms with Crippen molar-refractivity contribution >= 4 is 17.2 Å². The van der Waals surface area contributed by atoms with Crippen LogP contribution in [0.5, 0.6) is 0 Å². The van der Waals surface area contributed by atoms with Gasteiger partial charge >= 0.3 is 0 Å². The average molecular weight is 177 g/mol. The summed E-state index contributed by atoms with van der Waals surface area (Å²) in [5.41, 5.74) is 1.93. The molecule has 1 amide bonds. The van der Waals surface area contributed by atoms with Gasteiger partial charge in [-0.2, -0.15) is 0 Å². The molecule has 0 saturated heterocycles. The fraction of sp³-hybridized carbons (Fsp3) is 0.100. The van der Waals surface area contributed by atoms with Crippen LogP contribution in [-0.2, 0) is 4.79 Å². The first-order valence-corrected chi connectivity index (χ1v) is 4.00. The molecule has 0 spiro atoms. The van der Waals surface area contributed by atoms with Gasteiger partial charge < -0.3 is 5.32 Å². The first-order chi connectivity index (χ1) is 6.22. The molecule has 13 heavy (non-hydrogen) atoms. The molecule has 0 atom stereocenters. The molecule has 1 aliphatic heterocycles. The molecule has 1 aromatic carbocycles. The highest BCUT2D eigenvalue weighted by Crippen LogP contribution is 2.31. The maximum absolute atomic E-state index is 12.7. The van der Waals surface area contributed by atoms with Crippen LogP contribution in [0.3, 0.4) is 0 Å². The van der Waals surface area contributed by atoms with E-state index < -0.39 is 0 Å². The largest absolute Gasteiger partial charge is 0.321 e. The van der Waals surface area contributed by atoms with Crippen LogP contribution in [0, 0.1) is 5.82 Å². The average Bonchev–Trinajstić information content (AvgIpc) is 2.39. The Bertz CT molecular complexity index is 409. The monoisotopic (exact) mass is 177 g/mol. The quantitative estimate of drug-likeness (QED) is 0.604. The van der Waals surface area contributed by atoms with Crippen molar-refractivity contribution in [3.8, 4) is 0 Å². The zero-order valence-corrected chi connectivity index (χ0v) is 7.10. The lowest BCUT2D eigenvalue weighted by Crippen LogP contribution is -2.03. The van der Waals surface area contributed by atoms with Gasteiger partial charge in [-0.3, -0.25) is 4.79 Å². The molecule has 2 nitrogen and oxygen atoms in total. The summed E-state index contributed by atoms with van der Waals surface area (Å²) in [7, 11) is 0. The Labute approximate surface area is 75.1 Å². The first-order valence-electron chi connectivity index (χ1n) is 4.00. The van der Waals surface area contributed by atoms with Gasteiger partial charge in [0.1, 0.15) is 5.82 Å². The molecular weight excluding hydrogens is 169 g/mol. The summed E-state index contributed by atoms with van der Waals surface area (Å²) in [5.74, 6) is -0.500. The summed E-state index contributed by atoms with van der Waals surface area (Å²) in [5, 5.41) is 2.59. The number of carbonyl (C=O) groups is 1. The molecule has 0 radical (unpaired) electrons. The van der Waals surface area contributed by atoms with Gasteiger partial charge in [0.2, 0.25) is 0 Å². The zero-order valence-electron chi connectivity index (χ0n) is 7.10. The smallest absolute Gasteiger partial charge is 0.256 e. The molecule has 2 rings (SSSR count). The SMILES string of the molecule is C/C=C1\C(=O)Nc2cc(F)ccc21. The number of nitrogens with one attached hydrogen (secondary N) is 1. The number of allylic oxidation sites excluding steroid dienone is 1. The predicted octanol–water partition coefficient (Wildman–Crippen LogP) is 2.18. The van der Waals surface area contributed by atoms with E-state index in [1.165, 1.54) is 12.1 Å². The Morgan fingerprint density at radius 3 is 2.92 bits per heavy atom. The predicted molar refractivity (Wildman–Crippen MR) is 48.7 cm³/mol. The number of rotatable bonds is 0. The number of hydrogen-bond acceptors (Lipinski definition) is 1. The third kappa shape index (κ3) is 1.13. The Hall–Kier alpha value is -1.64. The lowest BCUT2D eigenvalue weighted by atomic mass is 10.1. The number of halogens is 1. The van der Waals surface area contributed by atoms with Gasteiger partial charge in [0.05, 0.1) is 5.69 Å². The van der Waals surface area contributed by atoms with Crippen LogP contribution in [-0.4, -0.2) is 5.91 Å². The van der Waals surface area contributed by atoms with Crippen molar-refractivity contribution < 1.29 is 9.18 Å². The number of amides is 1. The van der Waals surface area contributed by atoms with Gasteiger partial charge in [-0.25, -0.2) is 4.39 Å². The molecule has 0 bridgehead atoms. The number of fused-ring (bicyclic) bond motifs is 1. The topological polar surface area (TPSA) is 29.1 Å². The van der Waals surface area contributed by atoms with Gasteiger partial charge in [0.15, 0.2) is 0 Å². The Kier molecular flexibility index (Phi) is 1.65. The highest BCUT2D eigenvalue weighted by Gasteiger charge is 2.22. The van der Waals surface area contributed by atoms with Crippen LogP contribution < -0.4 is 5.32 Å². The highest BCUT2D eigenvalue weighted by molar-refractivity contribution is 6.31. The summed E-state index contributed by atoms with van der Waals surface area (Å²) >= 11 is 0. The summed E-state index contributed by atoms with van der Waals surface area (Å²) in [6.45, 7) is 1.79. The van der Waals surface area contributed by atoms with Crippen LogP contribution in [0.1, 0.15) is 12.5 Å². The Morgan fingerprint density at radius 2 is 2.23 bits per heavy atom. The molecule has 0 aliphatic carbocycles. The van der Waals surface area contributed by atoms with E-state index in [2.05, 4.69) is 5.32 Å². The molecule has 1 heterocycles. The second kappa shape index (κ2) is 2.69. The maximum Gasteiger partial charge on any atom is 0.256 e. The van der Waals surface area contributed by atoms with Crippen molar-refractivity contribution in [2.24, 2.45) is 0 Å². The van der Waals surface area contributed by atoms with Crippen molar-refractivity contribution in [2.75, 3.05) is 5.32 Å². The van der Waals surface area contributed by atoms with Crippen LogP contribution in [0.15, 0.2) is 24.3 Å². The standard InChI is InChI=1S/C10H8FNO/c1-2-7-8-4-3-6(11)5-9(8)12-10(7)13/h2-5H,1H3,(H,12,13)/b7-2-. The van der Waals surface area contributed by atoms with E-state index in [1.807, 2.05) is 0 Å². The number of hydrogen-bond donors (Lipinski definition) is 1. The van der Waals surface area contributed by atoms with Crippen molar-refractivity contribution in [1.29, 1.82) is 0 Å². The minimum atomic E-state index is -0.337. The van der Waals surface area contributed by atoms with Gasteiger partial charge in [0, 0.05) is 11.1 Å². The van der Waals surface area contributed by atoms with Crippen molar-refractivity contribution in [3.05, 3.63) is 35.7 Å². The molecule has 0 unspecified atom stereocenters. The number of carbonyl (C=O) groups excluding carboxylic acids is 1. The van der Waals surface area contributed by atoms with E-state index in [0.29, 0.717) is 11.3 Å². The van der Waals surface area contributed by atoms with Crippen molar-refractivity contribution in [1.82, 2.24) is 0 Å². The minimum Gasteiger partial charge on any atom is -0.321 e. The van der Waals surface area contributed by atoms with Gasteiger partial charge in [-0.05, 0) is 25.1 Å². The zero-order chi connectivity index (χ0) is 9.42. The molecule has 1 aliphatic rings. The van der Waals surface area contributed by atoms with E-state index in [0.717, 1.165) is 5.56 Å². The van der Waals surface area contributed by atoms with Gasteiger partial charge in [-0.15, -0.1) is 0 Å². The molecular formula is C10H8FNO. The van der Waals surface area contributed by atoms with E-state index >= 15 is 0 Å². The summed E-state index contributed by atoms with van der Waals surface area (Å²) in [4.78, 5) is 11.3. The lowest BCUT2D eigenvalue weighted by Gasteiger charge is -1.96. The fourth-order valence-corrected chi connectivity index (χ4v) is 1.45. The Morgan fingerprint density at radius 1 is 1.46 bits per heavy atom. The molecule has 66 valence electrons. The molecule has 0 aromatic heterocycles. The van der Waals surface area contributed by atoms with E-state index in [4.69, 9.17) is 0 Å². The summed E-state index contributed by atoms with van der Waals surface area (Å²) < 4.78 is 12.7. The minimum absolute atomic E-state index is 0.164. The molecule has 0 fully saturated rings. The third-order valence-electron chi connectivity index (χ3n) is 2.05. The highest BCUT2D eigenvalue weighted by atomic mass is 19.1. The third-order valence-corrected chi connectivity index (χ3v) is 2.05. The molecule has 1 aromatic rings. The Balaban J connectivity index is 2.61. The van der Waals surface area contributed by atoms with E-state index in [-0.39, 0.29) is 11.7 Å². The van der Waals surface area contributed by atoms with Crippen LogP contribution in [0.2, 0.25) is 0 Å². The van der Waals surface area contributed by atoms with E-state index in [9.17, 15) is 9.18 Å². The van der Waals surface area contributed by atoms with E-state index in [1.54, 1.807) is 19.1 Å².